The predicted octanol–water partition coefficient (Wildman–Crippen LogP) is 3.62. The third-order valence-corrected chi connectivity index (χ3v) is 4.45. The van der Waals surface area contributed by atoms with Crippen LogP contribution in [0.4, 0.5) is 5.69 Å². The minimum absolute atomic E-state index is 0.157. The summed E-state index contributed by atoms with van der Waals surface area (Å²) >= 11 is 6.02. The zero-order chi connectivity index (χ0) is 18.0. The van der Waals surface area contributed by atoms with E-state index in [1.165, 1.54) is 7.11 Å². The van der Waals surface area contributed by atoms with E-state index in [0.717, 1.165) is 16.9 Å². The highest BCUT2D eigenvalue weighted by atomic mass is 35.5. The van der Waals surface area contributed by atoms with Gasteiger partial charge in [0.15, 0.2) is 0 Å². The number of esters is 1. The third-order valence-electron chi connectivity index (χ3n) is 4.22. The van der Waals surface area contributed by atoms with Crippen LogP contribution in [0.25, 0.3) is 0 Å². The maximum Gasteiger partial charge on any atom is 0.337 e. The van der Waals surface area contributed by atoms with Gasteiger partial charge in [0.05, 0.1) is 18.6 Å². The first-order valence-corrected chi connectivity index (χ1v) is 8.27. The molecule has 1 amide bonds. The number of anilines is 1. The molecule has 1 aliphatic rings. The summed E-state index contributed by atoms with van der Waals surface area (Å²) in [6.45, 7) is 2.17. The van der Waals surface area contributed by atoms with Crippen LogP contribution >= 0.6 is 11.6 Å². The fourth-order valence-corrected chi connectivity index (χ4v) is 2.96. The molecule has 0 saturated heterocycles. The normalized spacial score (nSPS) is 15.7. The van der Waals surface area contributed by atoms with Gasteiger partial charge in [0.25, 0.3) is 0 Å². The minimum Gasteiger partial charge on any atom is -0.492 e. The molecule has 3 rings (SSSR count). The van der Waals surface area contributed by atoms with Crippen molar-refractivity contribution in [1.82, 2.24) is 0 Å². The molecule has 5 nitrogen and oxygen atoms in total. The Kier molecular flexibility index (Phi) is 4.95. The number of hydrogen-bond donors (Lipinski definition) is 1. The summed E-state index contributed by atoms with van der Waals surface area (Å²) in [6, 6.07) is 10.5. The molecule has 0 spiro atoms. The smallest absolute Gasteiger partial charge is 0.337 e. The number of carbonyl (C=O) groups is 2. The van der Waals surface area contributed by atoms with Gasteiger partial charge in [-0.2, -0.15) is 0 Å². The average Bonchev–Trinajstić information content (AvgIpc) is 2.62. The Hall–Kier alpha value is -2.53. The van der Waals surface area contributed by atoms with Crippen LogP contribution in [0.2, 0.25) is 5.02 Å². The Balaban J connectivity index is 1.76. The Labute approximate surface area is 150 Å². The fraction of sp³-hybridized carbons (Fsp3) is 0.263. The number of hydrogen-bond acceptors (Lipinski definition) is 4. The first-order chi connectivity index (χ1) is 12.0. The van der Waals surface area contributed by atoms with Gasteiger partial charge in [-0.3, -0.25) is 4.79 Å². The molecule has 1 aliphatic heterocycles. The van der Waals surface area contributed by atoms with Crippen molar-refractivity contribution < 1.29 is 19.1 Å². The molecule has 0 aliphatic carbocycles. The number of amides is 1. The Morgan fingerprint density at radius 2 is 2.04 bits per heavy atom. The van der Waals surface area contributed by atoms with Crippen LogP contribution in [0.1, 0.15) is 21.5 Å². The number of aryl methyl sites for hydroxylation is 1. The SMILES string of the molecule is COC(=O)c1ccc(C)c(NC(=O)[C@H]2COc3ccc(Cl)cc3C2)c1. The lowest BCUT2D eigenvalue weighted by Gasteiger charge is -2.25. The van der Waals surface area contributed by atoms with Gasteiger partial charge in [-0.25, -0.2) is 4.79 Å². The van der Waals surface area contributed by atoms with Crippen LogP contribution in [0.15, 0.2) is 36.4 Å². The quantitative estimate of drug-likeness (QED) is 0.850. The van der Waals surface area contributed by atoms with Crippen LogP contribution in [-0.2, 0) is 16.0 Å². The van der Waals surface area contributed by atoms with Crippen molar-refractivity contribution in [3.8, 4) is 5.75 Å². The average molecular weight is 360 g/mol. The van der Waals surface area contributed by atoms with Gasteiger partial charge in [-0.05, 0) is 54.8 Å². The van der Waals surface area contributed by atoms with E-state index in [9.17, 15) is 9.59 Å². The van der Waals surface area contributed by atoms with Gasteiger partial charge >= 0.3 is 5.97 Å². The zero-order valence-electron chi connectivity index (χ0n) is 14.0. The predicted molar refractivity (Wildman–Crippen MR) is 95.3 cm³/mol. The summed E-state index contributed by atoms with van der Waals surface area (Å²) in [5.74, 6) is -0.166. The van der Waals surface area contributed by atoms with Gasteiger partial charge in [-0.1, -0.05) is 17.7 Å². The van der Waals surface area contributed by atoms with Gasteiger partial charge in [0.2, 0.25) is 5.91 Å². The second-order valence-corrected chi connectivity index (χ2v) is 6.41. The first-order valence-electron chi connectivity index (χ1n) is 7.89. The molecule has 2 aromatic rings. The van der Waals surface area contributed by atoms with Gasteiger partial charge in [0, 0.05) is 10.7 Å². The number of ether oxygens (including phenoxy) is 2. The van der Waals surface area contributed by atoms with E-state index in [2.05, 4.69) is 5.32 Å². The lowest BCUT2D eigenvalue weighted by Crippen LogP contribution is -2.32. The van der Waals surface area contributed by atoms with E-state index in [0.29, 0.717) is 29.3 Å². The summed E-state index contributed by atoms with van der Waals surface area (Å²) in [5, 5.41) is 3.50. The molecule has 1 atom stereocenters. The number of rotatable bonds is 3. The number of carbonyl (C=O) groups excluding carboxylic acids is 2. The van der Waals surface area contributed by atoms with Crippen LogP contribution in [0, 0.1) is 12.8 Å². The second kappa shape index (κ2) is 7.15. The minimum atomic E-state index is -0.444. The topological polar surface area (TPSA) is 64.6 Å². The number of nitrogens with one attached hydrogen (secondary N) is 1. The highest BCUT2D eigenvalue weighted by Crippen LogP contribution is 2.30. The molecule has 130 valence electrons. The molecular weight excluding hydrogens is 342 g/mol. The number of benzene rings is 2. The highest BCUT2D eigenvalue weighted by Gasteiger charge is 2.26. The van der Waals surface area contributed by atoms with Gasteiger partial charge in [0.1, 0.15) is 12.4 Å². The maximum absolute atomic E-state index is 12.6. The van der Waals surface area contributed by atoms with Crippen LogP contribution in [-0.4, -0.2) is 25.6 Å². The van der Waals surface area contributed by atoms with E-state index < -0.39 is 5.97 Å². The van der Waals surface area contributed by atoms with Crippen molar-refractivity contribution >= 4 is 29.2 Å². The summed E-state index contributed by atoms with van der Waals surface area (Å²) in [5.41, 5.74) is 2.75. The molecule has 0 radical (unpaired) electrons. The molecule has 0 bridgehead atoms. The fourth-order valence-electron chi connectivity index (χ4n) is 2.77. The van der Waals surface area contributed by atoms with E-state index in [1.807, 2.05) is 19.1 Å². The van der Waals surface area contributed by atoms with Gasteiger partial charge < -0.3 is 14.8 Å². The molecule has 1 heterocycles. The van der Waals surface area contributed by atoms with E-state index in [4.69, 9.17) is 21.1 Å². The van der Waals surface area contributed by atoms with E-state index in [1.54, 1.807) is 24.3 Å². The Bertz CT molecular complexity index is 834. The van der Waals surface area contributed by atoms with Crippen LogP contribution < -0.4 is 10.1 Å². The van der Waals surface area contributed by atoms with Crippen molar-refractivity contribution in [3.05, 3.63) is 58.1 Å². The summed E-state index contributed by atoms with van der Waals surface area (Å²) < 4.78 is 10.4. The van der Waals surface area contributed by atoms with Crippen molar-refractivity contribution in [3.63, 3.8) is 0 Å². The largest absolute Gasteiger partial charge is 0.492 e. The summed E-state index contributed by atoms with van der Waals surface area (Å²) in [6.07, 6.45) is 0.553. The second-order valence-electron chi connectivity index (χ2n) is 5.97. The Morgan fingerprint density at radius 1 is 1.24 bits per heavy atom. The number of halogens is 1. The Morgan fingerprint density at radius 3 is 2.80 bits per heavy atom. The van der Waals surface area contributed by atoms with Crippen molar-refractivity contribution in [2.75, 3.05) is 19.0 Å². The first kappa shape index (κ1) is 17.3. The molecule has 0 unspecified atom stereocenters. The molecule has 6 heteroatoms. The molecule has 0 saturated carbocycles. The lowest BCUT2D eigenvalue weighted by molar-refractivity contribution is -0.121. The number of fused-ring (bicyclic) bond motifs is 1. The molecule has 1 N–H and O–H groups in total. The highest BCUT2D eigenvalue weighted by molar-refractivity contribution is 6.30. The lowest BCUT2D eigenvalue weighted by atomic mass is 9.95. The van der Waals surface area contributed by atoms with Crippen molar-refractivity contribution in [2.24, 2.45) is 5.92 Å². The van der Waals surface area contributed by atoms with Gasteiger partial charge in [-0.15, -0.1) is 0 Å². The molecule has 0 fully saturated rings. The standard InChI is InChI=1S/C19H18ClNO4/c1-11-3-4-12(19(23)24-2)9-16(11)21-18(22)14-7-13-8-15(20)5-6-17(13)25-10-14/h3-6,8-9,14H,7,10H2,1-2H3,(H,21,22)/t14-/m1/s1. The molecular formula is C19H18ClNO4. The summed E-state index contributed by atoms with van der Waals surface area (Å²) in [7, 11) is 1.32. The van der Waals surface area contributed by atoms with Crippen LogP contribution in [0.5, 0.6) is 5.75 Å². The molecule has 2 aromatic carbocycles. The monoisotopic (exact) mass is 359 g/mol. The summed E-state index contributed by atoms with van der Waals surface area (Å²) in [4.78, 5) is 24.3. The van der Waals surface area contributed by atoms with Crippen molar-refractivity contribution in [2.45, 2.75) is 13.3 Å². The number of methoxy groups -OCH3 is 1. The zero-order valence-corrected chi connectivity index (χ0v) is 14.7. The van der Waals surface area contributed by atoms with E-state index in [-0.39, 0.29) is 11.8 Å². The molecule has 25 heavy (non-hydrogen) atoms. The van der Waals surface area contributed by atoms with E-state index >= 15 is 0 Å². The van der Waals surface area contributed by atoms with Crippen LogP contribution in [0.3, 0.4) is 0 Å². The third kappa shape index (κ3) is 3.77. The maximum atomic E-state index is 12.6. The molecule has 0 aromatic heterocycles. The van der Waals surface area contributed by atoms with Crippen molar-refractivity contribution in [1.29, 1.82) is 0 Å².